The van der Waals surface area contributed by atoms with Crippen LogP contribution in [0.4, 0.5) is 0 Å². The summed E-state index contributed by atoms with van der Waals surface area (Å²) in [4.78, 5) is 10.6. The monoisotopic (exact) mass is 205 g/mol. The topological polar surface area (TPSA) is 56.2 Å². The number of rotatable bonds is 2. The SMILES string of the molecule is Cc1ccc(Cc2noc(=O)o2)cc1C. The Kier molecular flexibility index (Phi) is 2.41. The highest BCUT2D eigenvalue weighted by Crippen LogP contribution is 2.12. The largest absolute Gasteiger partial charge is 0.542 e. The van der Waals surface area contributed by atoms with Crippen molar-refractivity contribution in [1.29, 1.82) is 0 Å². The molecular weight excluding hydrogens is 194 g/mol. The smallest absolute Gasteiger partial charge is 0.375 e. The summed E-state index contributed by atoms with van der Waals surface area (Å²) in [5.41, 5.74) is 3.49. The van der Waals surface area contributed by atoms with Crippen LogP contribution in [0.1, 0.15) is 22.6 Å². The molecule has 0 spiro atoms. The molecule has 4 nitrogen and oxygen atoms in total. The number of hydrogen-bond acceptors (Lipinski definition) is 4. The van der Waals surface area contributed by atoms with Crippen LogP contribution >= 0.6 is 0 Å². The molecule has 15 heavy (non-hydrogen) atoms. The van der Waals surface area contributed by atoms with E-state index in [-0.39, 0.29) is 0 Å². The molecular formula is C11H11NO3. The average Bonchev–Trinajstić information content (AvgIpc) is 2.58. The summed E-state index contributed by atoms with van der Waals surface area (Å²) >= 11 is 0. The predicted molar refractivity (Wildman–Crippen MR) is 53.8 cm³/mol. The summed E-state index contributed by atoms with van der Waals surface area (Å²) in [6.07, 6.45) is 0.479. The third-order valence-electron chi connectivity index (χ3n) is 2.35. The van der Waals surface area contributed by atoms with E-state index in [1.54, 1.807) is 0 Å². The standard InChI is InChI=1S/C11H11NO3/c1-7-3-4-9(5-8(7)2)6-10-12-15-11(13)14-10/h3-5H,6H2,1-2H3. The van der Waals surface area contributed by atoms with Crippen LogP contribution < -0.4 is 5.82 Å². The van der Waals surface area contributed by atoms with Crippen molar-refractivity contribution >= 4 is 0 Å². The first-order valence-electron chi connectivity index (χ1n) is 4.67. The second-order valence-electron chi connectivity index (χ2n) is 3.52. The molecule has 78 valence electrons. The number of hydrogen-bond donors (Lipinski definition) is 0. The number of nitrogens with zero attached hydrogens (tertiary/aromatic N) is 1. The lowest BCUT2D eigenvalue weighted by atomic mass is 10.0. The number of aryl methyl sites for hydroxylation is 2. The lowest BCUT2D eigenvalue weighted by Gasteiger charge is -2.01. The third-order valence-corrected chi connectivity index (χ3v) is 2.35. The van der Waals surface area contributed by atoms with Crippen molar-refractivity contribution in [2.24, 2.45) is 0 Å². The van der Waals surface area contributed by atoms with E-state index in [4.69, 9.17) is 4.42 Å². The third kappa shape index (κ3) is 2.15. The zero-order valence-electron chi connectivity index (χ0n) is 8.61. The van der Waals surface area contributed by atoms with E-state index in [1.807, 2.05) is 25.1 Å². The molecule has 1 heterocycles. The van der Waals surface area contributed by atoms with Crippen LogP contribution in [0.25, 0.3) is 0 Å². The maximum atomic E-state index is 10.6. The van der Waals surface area contributed by atoms with Gasteiger partial charge in [-0.25, -0.2) is 4.79 Å². The van der Waals surface area contributed by atoms with Crippen LogP contribution in [0.2, 0.25) is 0 Å². The quantitative estimate of drug-likeness (QED) is 0.750. The molecule has 0 radical (unpaired) electrons. The summed E-state index contributed by atoms with van der Waals surface area (Å²) in [7, 11) is 0. The van der Waals surface area contributed by atoms with Gasteiger partial charge in [0, 0.05) is 0 Å². The van der Waals surface area contributed by atoms with E-state index in [1.165, 1.54) is 11.1 Å². The molecule has 1 aromatic heterocycles. The number of benzene rings is 1. The fraction of sp³-hybridized carbons (Fsp3) is 0.273. The first-order chi connectivity index (χ1) is 7.15. The van der Waals surface area contributed by atoms with E-state index in [0.29, 0.717) is 12.3 Å². The second-order valence-corrected chi connectivity index (χ2v) is 3.52. The fourth-order valence-electron chi connectivity index (χ4n) is 1.38. The normalized spacial score (nSPS) is 10.5. The molecule has 0 aliphatic carbocycles. The number of aromatic nitrogens is 1. The molecule has 0 bridgehead atoms. The van der Waals surface area contributed by atoms with Crippen molar-refractivity contribution in [1.82, 2.24) is 5.16 Å². The lowest BCUT2D eigenvalue weighted by molar-refractivity contribution is 0.334. The molecule has 0 saturated heterocycles. The Hall–Kier alpha value is -1.84. The van der Waals surface area contributed by atoms with Gasteiger partial charge in [-0.2, -0.15) is 0 Å². The Morgan fingerprint density at radius 2 is 2.07 bits per heavy atom. The van der Waals surface area contributed by atoms with Crippen molar-refractivity contribution < 1.29 is 8.94 Å². The fourth-order valence-corrected chi connectivity index (χ4v) is 1.38. The van der Waals surface area contributed by atoms with E-state index in [9.17, 15) is 4.79 Å². The van der Waals surface area contributed by atoms with E-state index >= 15 is 0 Å². The van der Waals surface area contributed by atoms with Gasteiger partial charge in [0.2, 0.25) is 5.89 Å². The lowest BCUT2D eigenvalue weighted by Crippen LogP contribution is -1.91. The van der Waals surface area contributed by atoms with Crippen LogP contribution in [0, 0.1) is 13.8 Å². The van der Waals surface area contributed by atoms with Gasteiger partial charge in [-0.1, -0.05) is 18.2 Å². The Bertz CT molecular complexity index is 525. The molecule has 2 rings (SSSR count). The highest BCUT2D eigenvalue weighted by Gasteiger charge is 2.05. The van der Waals surface area contributed by atoms with Crippen LogP contribution in [0.3, 0.4) is 0 Å². The molecule has 0 amide bonds. The maximum Gasteiger partial charge on any atom is 0.542 e. The second kappa shape index (κ2) is 3.73. The van der Waals surface area contributed by atoms with Crippen molar-refractivity contribution in [3.8, 4) is 0 Å². The van der Waals surface area contributed by atoms with Crippen LogP contribution in [-0.2, 0) is 6.42 Å². The minimum absolute atomic E-state index is 0.309. The van der Waals surface area contributed by atoms with Crippen molar-refractivity contribution in [2.45, 2.75) is 20.3 Å². The van der Waals surface area contributed by atoms with E-state index in [2.05, 4.69) is 16.6 Å². The predicted octanol–water partition coefficient (Wildman–Crippen LogP) is 1.84. The molecule has 0 atom stereocenters. The van der Waals surface area contributed by atoms with Crippen molar-refractivity contribution in [3.63, 3.8) is 0 Å². The molecule has 0 N–H and O–H groups in total. The van der Waals surface area contributed by atoms with E-state index in [0.717, 1.165) is 5.56 Å². The minimum atomic E-state index is -0.756. The van der Waals surface area contributed by atoms with E-state index < -0.39 is 5.82 Å². The van der Waals surface area contributed by atoms with Gasteiger partial charge < -0.3 is 4.42 Å². The molecule has 0 aliphatic heterocycles. The maximum absolute atomic E-state index is 10.6. The summed E-state index contributed by atoms with van der Waals surface area (Å²) in [6, 6.07) is 6.06. The molecule has 0 fully saturated rings. The zero-order chi connectivity index (χ0) is 10.8. The Morgan fingerprint density at radius 3 is 2.67 bits per heavy atom. The van der Waals surface area contributed by atoms with Crippen molar-refractivity contribution in [3.05, 3.63) is 51.4 Å². The molecule has 0 saturated carbocycles. The Morgan fingerprint density at radius 1 is 1.27 bits per heavy atom. The highest BCUT2D eigenvalue weighted by atomic mass is 16.6. The summed E-state index contributed by atoms with van der Waals surface area (Å²) in [6.45, 7) is 4.09. The molecule has 0 unspecified atom stereocenters. The van der Waals surface area contributed by atoms with Gasteiger partial charge >= 0.3 is 5.82 Å². The first kappa shape index (κ1) is 9.71. The Labute approximate surface area is 86.5 Å². The van der Waals surface area contributed by atoms with Gasteiger partial charge in [0.15, 0.2) is 0 Å². The minimum Gasteiger partial charge on any atom is -0.375 e. The summed E-state index contributed by atoms with van der Waals surface area (Å²) < 4.78 is 9.04. The average molecular weight is 205 g/mol. The summed E-state index contributed by atoms with van der Waals surface area (Å²) in [5.74, 6) is -0.447. The van der Waals surface area contributed by atoms with Gasteiger partial charge in [-0.05, 0) is 35.7 Å². The van der Waals surface area contributed by atoms with Gasteiger partial charge in [-0.15, -0.1) is 0 Å². The van der Waals surface area contributed by atoms with Crippen LogP contribution in [0.5, 0.6) is 0 Å². The van der Waals surface area contributed by atoms with Gasteiger partial charge in [0.05, 0.1) is 6.42 Å². The molecule has 2 aromatic rings. The van der Waals surface area contributed by atoms with Gasteiger partial charge in [0.25, 0.3) is 0 Å². The zero-order valence-corrected chi connectivity index (χ0v) is 8.61. The molecule has 4 heteroatoms. The van der Waals surface area contributed by atoms with Crippen molar-refractivity contribution in [2.75, 3.05) is 0 Å². The summed E-state index contributed by atoms with van der Waals surface area (Å²) in [5, 5.41) is 3.51. The van der Waals surface area contributed by atoms with Crippen LogP contribution in [0.15, 0.2) is 31.9 Å². The Balaban J connectivity index is 2.24. The van der Waals surface area contributed by atoms with Gasteiger partial charge in [0.1, 0.15) is 0 Å². The molecule has 0 aliphatic rings. The van der Waals surface area contributed by atoms with Gasteiger partial charge in [-0.3, -0.25) is 4.52 Å². The van der Waals surface area contributed by atoms with Crippen LogP contribution in [-0.4, -0.2) is 5.16 Å². The molecule has 1 aromatic carbocycles. The first-order valence-corrected chi connectivity index (χ1v) is 4.67. The highest BCUT2D eigenvalue weighted by molar-refractivity contribution is 5.30.